The van der Waals surface area contributed by atoms with E-state index in [0.717, 1.165) is 12.8 Å². The van der Waals surface area contributed by atoms with Gasteiger partial charge in [0, 0.05) is 5.41 Å². The lowest BCUT2D eigenvalue weighted by atomic mass is 9.88. The van der Waals surface area contributed by atoms with Crippen molar-refractivity contribution in [1.82, 2.24) is 9.44 Å². The Morgan fingerprint density at radius 2 is 2.06 bits per heavy atom. The summed E-state index contributed by atoms with van der Waals surface area (Å²) in [5, 5.41) is 17.4. The first-order valence-corrected chi connectivity index (χ1v) is 5.93. The van der Waals surface area contributed by atoms with Crippen molar-refractivity contribution in [2.75, 3.05) is 13.2 Å². The summed E-state index contributed by atoms with van der Waals surface area (Å²) in [6, 6.07) is 0. The van der Waals surface area contributed by atoms with Crippen molar-refractivity contribution in [3.63, 3.8) is 0 Å². The quantitative estimate of drug-likeness (QED) is 0.518. The van der Waals surface area contributed by atoms with Gasteiger partial charge in [0.25, 0.3) is 0 Å². The first-order chi connectivity index (χ1) is 7.93. The molecular formula is C9H18N2O5S. The molecule has 0 fully saturated rings. The zero-order chi connectivity index (χ0) is 13.3. The van der Waals surface area contributed by atoms with E-state index >= 15 is 0 Å². The molecule has 0 aliphatic rings. The maximum atomic E-state index is 11.1. The molecule has 7 nitrogen and oxygen atoms in total. The van der Waals surface area contributed by atoms with E-state index in [1.54, 1.807) is 0 Å². The number of nitrogens with one attached hydrogen (secondary N) is 2. The third kappa shape index (κ3) is 7.70. The molecule has 0 aliphatic carbocycles. The molecule has 0 radical (unpaired) electrons. The van der Waals surface area contributed by atoms with Crippen molar-refractivity contribution in [2.24, 2.45) is 5.41 Å². The van der Waals surface area contributed by atoms with Crippen LogP contribution in [0, 0.1) is 5.41 Å². The molecule has 0 bridgehead atoms. The van der Waals surface area contributed by atoms with Gasteiger partial charge in [-0.25, -0.2) is 19.0 Å². The predicted molar refractivity (Wildman–Crippen MR) is 63.3 cm³/mol. The molecule has 0 heterocycles. The van der Waals surface area contributed by atoms with Crippen molar-refractivity contribution in [3.05, 3.63) is 0 Å². The summed E-state index contributed by atoms with van der Waals surface area (Å²) in [7, 11) is 0. The summed E-state index contributed by atoms with van der Waals surface area (Å²) >= 11 is 0.504. The highest BCUT2D eigenvalue weighted by atomic mass is 32.2. The van der Waals surface area contributed by atoms with Crippen LogP contribution in [0.4, 0.5) is 9.59 Å². The number of hydrogen-bond donors (Lipinski definition) is 4. The Balaban J connectivity index is 3.85. The maximum absolute atomic E-state index is 11.1. The number of carboxylic acid groups (broad SMARTS) is 1. The van der Waals surface area contributed by atoms with E-state index in [-0.39, 0.29) is 13.2 Å². The van der Waals surface area contributed by atoms with E-state index in [4.69, 9.17) is 9.84 Å². The fourth-order valence-electron chi connectivity index (χ4n) is 1.18. The van der Waals surface area contributed by atoms with Crippen LogP contribution in [0.5, 0.6) is 0 Å². The van der Waals surface area contributed by atoms with Crippen LogP contribution in [0.3, 0.4) is 0 Å². The minimum atomic E-state index is -1.26. The minimum absolute atomic E-state index is 0.0748. The lowest BCUT2D eigenvalue weighted by Crippen LogP contribution is -2.32. The zero-order valence-electron chi connectivity index (χ0n) is 9.86. The second-order valence-corrected chi connectivity index (χ2v) is 4.52. The largest absolute Gasteiger partial charge is 0.464 e. The van der Waals surface area contributed by atoms with Crippen LogP contribution in [-0.4, -0.2) is 35.6 Å². The molecule has 0 rings (SSSR count). The third-order valence-corrected chi connectivity index (χ3v) is 2.61. The number of hydrogen-bond acceptors (Lipinski definition) is 5. The van der Waals surface area contributed by atoms with Gasteiger partial charge in [-0.2, -0.15) is 0 Å². The zero-order valence-corrected chi connectivity index (χ0v) is 10.7. The number of aliphatic hydroxyl groups is 1. The van der Waals surface area contributed by atoms with Crippen LogP contribution in [0.15, 0.2) is 0 Å². The molecule has 0 aromatic heterocycles. The first kappa shape index (κ1) is 15.9. The number of aliphatic hydroxyl groups excluding tert-OH is 1. The average Bonchev–Trinajstić information content (AvgIpc) is 2.26. The summed E-state index contributed by atoms with van der Waals surface area (Å²) in [5.41, 5.74) is -0.461. The molecule has 0 saturated heterocycles. The summed E-state index contributed by atoms with van der Waals surface area (Å²) in [6.07, 6.45) is -0.407. The van der Waals surface area contributed by atoms with E-state index in [0.29, 0.717) is 12.1 Å². The molecule has 100 valence electrons. The van der Waals surface area contributed by atoms with Crippen LogP contribution in [-0.2, 0) is 4.74 Å². The fourth-order valence-corrected chi connectivity index (χ4v) is 1.46. The Hall–Kier alpha value is -1.15. The molecule has 8 heteroatoms. The van der Waals surface area contributed by atoms with Crippen LogP contribution in [0.2, 0.25) is 0 Å². The van der Waals surface area contributed by atoms with Crippen molar-refractivity contribution in [3.8, 4) is 0 Å². The van der Waals surface area contributed by atoms with Gasteiger partial charge in [-0.3, -0.25) is 0 Å². The Morgan fingerprint density at radius 3 is 2.53 bits per heavy atom. The lowest BCUT2D eigenvalue weighted by Gasteiger charge is -2.25. The highest BCUT2D eigenvalue weighted by Crippen LogP contribution is 2.22. The van der Waals surface area contributed by atoms with Gasteiger partial charge < -0.3 is 14.9 Å². The minimum Gasteiger partial charge on any atom is -0.464 e. The fraction of sp³-hybridized carbons (Fsp3) is 0.778. The normalized spacial score (nSPS) is 13.6. The molecule has 2 amide bonds. The second kappa shape index (κ2) is 8.02. The van der Waals surface area contributed by atoms with Crippen molar-refractivity contribution in [2.45, 2.75) is 26.7 Å². The SMILES string of the molecule is CCCC(C)(CO)COC(=O)NSNC(=O)O. The van der Waals surface area contributed by atoms with Gasteiger partial charge in [0.1, 0.15) is 6.61 Å². The van der Waals surface area contributed by atoms with Gasteiger partial charge >= 0.3 is 12.2 Å². The van der Waals surface area contributed by atoms with Crippen LogP contribution in [0.1, 0.15) is 26.7 Å². The standard InChI is InChI=1S/C9H18N2O5S/c1-3-4-9(2,5-12)6-16-8(15)11-17-10-7(13)14/h10,12H,3-6H2,1-2H3,(H,11,15)(H,13,14). The topological polar surface area (TPSA) is 108 Å². The first-order valence-electron chi connectivity index (χ1n) is 5.12. The Kier molecular flexibility index (Phi) is 7.47. The molecule has 4 N–H and O–H groups in total. The van der Waals surface area contributed by atoms with Gasteiger partial charge in [-0.15, -0.1) is 0 Å². The highest BCUT2D eigenvalue weighted by Gasteiger charge is 2.24. The summed E-state index contributed by atoms with van der Waals surface area (Å²) in [4.78, 5) is 21.2. The second-order valence-electron chi connectivity index (χ2n) is 3.91. The molecule has 0 aromatic carbocycles. The van der Waals surface area contributed by atoms with Gasteiger partial charge in [0.2, 0.25) is 0 Å². The van der Waals surface area contributed by atoms with E-state index in [1.165, 1.54) is 0 Å². The number of ether oxygens (including phenoxy) is 1. The summed E-state index contributed by atoms with van der Waals surface area (Å²) in [6.45, 7) is 3.79. The van der Waals surface area contributed by atoms with E-state index < -0.39 is 17.6 Å². The van der Waals surface area contributed by atoms with Crippen LogP contribution >= 0.6 is 12.1 Å². The monoisotopic (exact) mass is 266 g/mol. The predicted octanol–water partition coefficient (Wildman–Crippen LogP) is 1.34. The van der Waals surface area contributed by atoms with Gasteiger partial charge in [0.15, 0.2) is 0 Å². The van der Waals surface area contributed by atoms with Crippen molar-refractivity contribution >= 4 is 24.3 Å². The van der Waals surface area contributed by atoms with Gasteiger partial charge in [-0.05, 0) is 6.42 Å². The number of carbonyl (C=O) groups is 2. The Labute approximate surface area is 104 Å². The summed E-state index contributed by atoms with van der Waals surface area (Å²) < 4.78 is 8.89. The molecule has 0 aromatic rings. The van der Waals surface area contributed by atoms with E-state index in [2.05, 4.69) is 4.72 Å². The van der Waals surface area contributed by atoms with E-state index in [1.807, 2.05) is 18.6 Å². The van der Waals surface area contributed by atoms with Gasteiger partial charge in [-0.1, -0.05) is 20.3 Å². The Bertz CT molecular complexity index is 264. The summed E-state index contributed by atoms with van der Waals surface area (Å²) in [5.74, 6) is 0. The molecule has 0 saturated carbocycles. The lowest BCUT2D eigenvalue weighted by molar-refractivity contribution is 0.0458. The molecule has 0 spiro atoms. The van der Waals surface area contributed by atoms with Gasteiger partial charge in [0.05, 0.1) is 18.7 Å². The molecule has 1 atom stereocenters. The average molecular weight is 266 g/mol. The van der Waals surface area contributed by atoms with E-state index in [9.17, 15) is 14.7 Å². The highest BCUT2D eigenvalue weighted by molar-refractivity contribution is 7.96. The van der Waals surface area contributed by atoms with Crippen molar-refractivity contribution < 1.29 is 24.5 Å². The number of amides is 2. The molecule has 17 heavy (non-hydrogen) atoms. The smallest absolute Gasteiger partial charge is 0.418 e. The van der Waals surface area contributed by atoms with Crippen LogP contribution in [0.25, 0.3) is 0 Å². The number of rotatable bonds is 7. The third-order valence-electron chi connectivity index (χ3n) is 2.06. The van der Waals surface area contributed by atoms with Crippen molar-refractivity contribution in [1.29, 1.82) is 0 Å². The molecule has 1 unspecified atom stereocenters. The molecule has 0 aliphatic heterocycles. The molecular weight excluding hydrogens is 248 g/mol. The van der Waals surface area contributed by atoms with Crippen LogP contribution < -0.4 is 9.44 Å². The number of carbonyl (C=O) groups excluding carboxylic acids is 1. The maximum Gasteiger partial charge on any atom is 0.418 e. The Morgan fingerprint density at radius 1 is 1.41 bits per heavy atom.